The number of hydrogen-bond acceptors (Lipinski definition) is 2. The van der Waals surface area contributed by atoms with Gasteiger partial charge in [-0.3, -0.25) is 0 Å². The van der Waals surface area contributed by atoms with Crippen LogP contribution in [0, 0.1) is 0 Å². The van der Waals surface area contributed by atoms with Gasteiger partial charge >= 0.3 is 0 Å². The second-order valence-corrected chi connectivity index (χ2v) is 12.9. The predicted octanol–water partition coefficient (Wildman–Crippen LogP) is 13.8. The largest absolute Gasteiger partial charge is 0.455 e. The van der Waals surface area contributed by atoms with Crippen LogP contribution < -0.4 is 4.90 Å². The van der Waals surface area contributed by atoms with Gasteiger partial charge in [0.1, 0.15) is 11.2 Å². The quantitative estimate of drug-likeness (QED) is 0.175. The van der Waals surface area contributed by atoms with Crippen LogP contribution in [-0.4, -0.2) is 0 Å². The number of nitrogens with zero attached hydrogens (tertiary/aromatic N) is 1. The fraction of sp³-hybridized carbons (Fsp3) is 0. The summed E-state index contributed by atoms with van der Waals surface area (Å²) in [5, 5.41) is 9.85. The molecule has 1 heterocycles. The van der Waals surface area contributed by atoms with Gasteiger partial charge in [0.15, 0.2) is 0 Å². The maximum Gasteiger partial charge on any atom is 0.143 e. The lowest BCUT2D eigenvalue weighted by Crippen LogP contribution is -2.10. The van der Waals surface area contributed by atoms with E-state index >= 15 is 0 Å². The zero-order valence-corrected chi connectivity index (χ0v) is 27.3. The summed E-state index contributed by atoms with van der Waals surface area (Å²) in [5.41, 5.74) is 9.71. The van der Waals surface area contributed by atoms with Crippen LogP contribution >= 0.6 is 0 Å². The van der Waals surface area contributed by atoms with Gasteiger partial charge in [0, 0.05) is 33.4 Å². The van der Waals surface area contributed by atoms with E-state index in [0.29, 0.717) is 0 Å². The average Bonchev–Trinajstić information content (AvgIpc) is 3.57. The Balaban J connectivity index is 1.12. The summed E-state index contributed by atoms with van der Waals surface area (Å²) in [5.74, 6) is 0. The van der Waals surface area contributed by atoms with E-state index in [0.717, 1.165) is 50.1 Å². The van der Waals surface area contributed by atoms with E-state index in [9.17, 15) is 0 Å². The van der Waals surface area contributed by atoms with E-state index in [2.05, 4.69) is 181 Å². The highest BCUT2D eigenvalue weighted by Gasteiger charge is 2.17. The van der Waals surface area contributed by atoms with Crippen molar-refractivity contribution in [3.05, 3.63) is 188 Å². The van der Waals surface area contributed by atoms with Gasteiger partial charge in [0.25, 0.3) is 0 Å². The Morgan fingerprint density at radius 2 is 0.940 bits per heavy atom. The summed E-state index contributed by atoms with van der Waals surface area (Å²) in [7, 11) is 0. The highest BCUT2D eigenvalue weighted by Crippen LogP contribution is 2.41. The van der Waals surface area contributed by atoms with Crippen molar-refractivity contribution in [1.29, 1.82) is 0 Å². The molecule has 0 aliphatic rings. The molecule has 2 heteroatoms. The van der Waals surface area contributed by atoms with Gasteiger partial charge in [-0.25, -0.2) is 0 Å². The maximum absolute atomic E-state index is 6.39. The van der Waals surface area contributed by atoms with Crippen LogP contribution in [0.2, 0.25) is 0 Å². The van der Waals surface area contributed by atoms with Gasteiger partial charge in [-0.05, 0) is 91.5 Å². The Bertz CT molecular complexity index is 2870. The Labute approximate surface area is 290 Å². The van der Waals surface area contributed by atoms with Gasteiger partial charge < -0.3 is 9.32 Å². The Hall–Kier alpha value is -6.64. The molecule has 0 radical (unpaired) electrons. The first kappa shape index (κ1) is 28.4. The Kier molecular flexibility index (Phi) is 6.53. The molecular formula is C48H31NO. The van der Waals surface area contributed by atoms with E-state index in [-0.39, 0.29) is 0 Å². The summed E-state index contributed by atoms with van der Waals surface area (Å²) < 4.78 is 6.39. The van der Waals surface area contributed by atoms with E-state index in [1.165, 1.54) is 43.4 Å². The molecule has 0 amide bonds. The van der Waals surface area contributed by atoms with Gasteiger partial charge in [0.2, 0.25) is 0 Å². The van der Waals surface area contributed by atoms with Gasteiger partial charge in [0.05, 0.1) is 0 Å². The highest BCUT2D eigenvalue weighted by molar-refractivity contribution is 6.17. The molecule has 1 aromatic heterocycles. The smallest absolute Gasteiger partial charge is 0.143 e. The first-order valence-corrected chi connectivity index (χ1v) is 17.1. The number of para-hydroxylation sites is 2. The molecule has 0 aliphatic heterocycles. The summed E-state index contributed by atoms with van der Waals surface area (Å²) in [4.78, 5) is 2.36. The summed E-state index contributed by atoms with van der Waals surface area (Å²) in [6.45, 7) is 0. The van der Waals surface area contributed by atoms with Crippen LogP contribution in [-0.2, 0) is 0 Å². The van der Waals surface area contributed by atoms with E-state index in [4.69, 9.17) is 4.42 Å². The lowest BCUT2D eigenvalue weighted by atomic mass is 9.96. The molecule has 0 atom stereocenters. The maximum atomic E-state index is 6.39. The fourth-order valence-electron chi connectivity index (χ4n) is 7.62. The SMILES string of the molecule is c1ccc(-c2cccc(N(c3ccc(-c4cccc5c4oc4ccccc45)cc3)c3ccc4c(ccc5c6ccccc6ccc45)c3)c2)cc1. The van der Waals surface area contributed by atoms with Crippen LogP contribution in [0.4, 0.5) is 17.1 Å². The molecule has 0 unspecified atom stereocenters. The molecule has 0 aliphatic carbocycles. The minimum Gasteiger partial charge on any atom is -0.455 e. The van der Waals surface area contributed by atoms with Gasteiger partial charge in [-0.2, -0.15) is 0 Å². The minimum atomic E-state index is 0.910. The van der Waals surface area contributed by atoms with Crippen molar-refractivity contribution in [3.63, 3.8) is 0 Å². The molecule has 10 aromatic rings. The first-order chi connectivity index (χ1) is 24.8. The number of hydrogen-bond donors (Lipinski definition) is 0. The molecule has 0 saturated carbocycles. The molecule has 0 saturated heterocycles. The fourth-order valence-corrected chi connectivity index (χ4v) is 7.62. The molecule has 2 nitrogen and oxygen atoms in total. The Morgan fingerprint density at radius 3 is 1.80 bits per heavy atom. The topological polar surface area (TPSA) is 16.4 Å². The predicted molar refractivity (Wildman–Crippen MR) is 212 cm³/mol. The normalized spacial score (nSPS) is 11.6. The lowest BCUT2D eigenvalue weighted by molar-refractivity contribution is 0.670. The zero-order valence-electron chi connectivity index (χ0n) is 27.3. The van der Waals surface area contributed by atoms with Crippen LogP contribution in [0.15, 0.2) is 192 Å². The van der Waals surface area contributed by atoms with E-state index in [1.807, 2.05) is 12.1 Å². The molecule has 0 spiro atoms. The summed E-state index contributed by atoms with van der Waals surface area (Å²) in [6.07, 6.45) is 0. The second-order valence-electron chi connectivity index (χ2n) is 12.9. The van der Waals surface area contributed by atoms with Crippen molar-refractivity contribution in [3.8, 4) is 22.3 Å². The third kappa shape index (κ3) is 4.65. The first-order valence-electron chi connectivity index (χ1n) is 17.1. The monoisotopic (exact) mass is 637 g/mol. The third-order valence-electron chi connectivity index (χ3n) is 10.0. The van der Waals surface area contributed by atoms with Crippen molar-refractivity contribution in [2.75, 3.05) is 4.90 Å². The molecule has 0 bridgehead atoms. The zero-order chi connectivity index (χ0) is 33.0. The van der Waals surface area contributed by atoms with Crippen molar-refractivity contribution >= 4 is 71.3 Å². The standard InChI is InChI=1S/C48H31NO/c1-2-10-32(11-3-1)35-13-8-14-38(30-35)49(39-26-29-41-36(31-39)23-28-43-40-15-5-4-12-33(40)22-27-44(41)43)37-24-20-34(21-25-37)42-17-9-18-46-45-16-6-7-19-47(45)50-48(42)46/h1-31H. The molecular weight excluding hydrogens is 607 g/mol. The lowest BCUT2D eigenvalue weighted by Gasteiger charge is -2.27. The van der Waals surface area contributed by atoms with Gasteiger partial charge in [-0.15, -0.1) is 0 Å². The van der Waals surface area contributed by atoms with Crippen molar-refractivity contribution in [2.45, 2.75) is 0 Å². The Morgan fingerprint density at radius 1 is 0.320 bits per heavy atom. The molecule has 50 heavy (non-hydrogen) atoms. The highest BCUT2D eigenvalue weighted by atomic mass is 16.3. The van der Waals surface area contributed by atoms with Crippen LogP contribution in [0.5, 0.6) is 0 Å². The van der Waals surface area contributed by atoms with Crippen LogP contribution in [0.3, 0.4) is 0 Å². The van der Waals surface area contributed by atoms with E-state index in [1.54, 1.807) is 0 Å². The number of anilines is 3. The molecule has 10 rings (SSSR count). The van der Waals surface area contributed by atoms with Crippen LogP contribution in [0.25, 0.3) is 76.5 Å². The molecule has 9 aromatic carbocycles. The van der Waals surface area contributed by atoms with Crippen molar-refractivity contribution in [2.24, 2.45) is 0 Å². The number of rotatable bonds is 5. The number of fused-ring (bicyclic) bond motifs is 8. The van der Waals surface area contributed by atoms with E-state index < -0.39 is 0 Å². The molecule has 0 fully saturated rings. The summed E-state index contributed by atoms with van der Waals surface area (Å²) in [6, 6.07) is 67.5. The van der Waals surface area contributed by atoms with Gasteiger partial charge in [-0.1, -0.05) is 146 Å². The minimum absolute atomic E-state index is 0.910. The van der Waals surface area contributed by atoms with Crippen molar-refractivity contribution < 1.29 is 4.42 Å². The summed E-state index contributed by atoms with van der Waals surface area (Å²) >= 11 is 0. The number of benzene rings is 9. The van der Waals surface area contributed by atoms with Crippen LogP contribution in [0.1, 0.15) is 0 Å². The number of furan rings is 1. The molecule has 0 N–H and O–H groups in total. The second kappa shape index (κ2) is 11.5. The third-order valence-corrected chi connectivity index (χ3v) is 10.0. The molecule has 234 valence electrons. The average molecular weight is 638 g/mol. The van der Waals surface area contributed by atoms with Crippen molar-refractivity contribution in [1.82, 2.24) is 0 Å².